The molecule has 1 aliphatic rings. The van der Waals surface area contributed by atoms with Gasteiger partial charge in [0.15, 0.2) is 0 Å². The summed E-state index contributed by atoms with van der Waals surface area (Å²) in [6.45, 7) is 4.31. The van der Waals surface area contributed by atoms with Crippen LogP contribution in [0.4, 0.5) is 34.9 Å². The van der Waals surface area contributed by atoms with Crippen LogP contribution in [-0.2, 0) is 6.18 Å². The third-order valence-electron chi connectivity index (χ3n) is 5.93. The van der Waals surface area contributed by atoms with E-state index in [-0.39, 0.29) is 23.1 Å². The van der Waals surface area contributed by atoms with Crippen LogP contribution in [0.1, 0.15) is 5.56 Å². The number of piperazine rings is 1. The minimum absolute atomic E-state index is 0.155. The van der Waals surface area contributed by atoms with E-state index in [1.807, 2.05) is 14.1 Å². The molecule has 1 aliphatic heterocycles. The first-order valence-corrected chi connectivity index (χ1v) is 11.4. The highest BCUT2D eigenvalue weighted by Gasteiger charge is 2.36. The van der Waals surface area contributed by atoms with Gasteiger partial charge in [-0.25, -0.2) is 14.4 Å². The minimum Gasteiger partial charge on any atom is -0.368 e. The Balaban J connectivity index is 1.51. The van der Waals surface area contributed by atoms with E-state index in [9.17, 15) is 17.6 Å². The van der Waals surface area contributed by atoms with Crippen LogP contribution in [0.25, 0.3) is 11.3 Å². The fourth-order valence-corrected chi connectivity index (χ4v) is 4.00. The van der Waals surface area contributed by atoms with Gasteiger partial charge in [0.2, 0.25) is 5.95 Å². The van der Waals surface area contributed by atoms with Crippen LogP contribution < -0.4 is 10.2 Å². The number of nitrogens with zero attached hydrogens (tertiary/aromatic N) is 5. The lowest BCUT2D eigenvalue weighted by Gasteiger charge is -2.37. The molecule has 0 amide bonds. The Labute approximate surface area is 202 Å². The summed E-state index contributed by atoms with van der Waals surface area (Å²) < 4.78 is 55.2. The van der Waals surface area contributed by atoms with Crippen molar-refractivity contribution in [3.8, 4) is 11.3 Å². The summed E-state index contributed by atoms with van der Waals surface area (Å²) in [5.41, 5.74) is 0.923. The zero-order valence-electron chi connectivity index (χ0n) is 19.7. The van der Waals surface area contributed by atoms with Gasteiger partial charge >= 0.3 is 6.18 Å². The Bertz CT molecular complexity index is 1130. The molecule has 35 heavy (non-hydrogen) atoms. The summed E-state index contributed by atoms with van der Waals surface area (Å²) in [6.07, 6.45) is -3.01. The van der Waals surface area contributed by atoms with E-state index in [0.29, 0.717) is 24.3 Å². The molecule has 2 aromatic carbocycles. The maximum Gasteiger partial charge on any atom is 0.418 e. The van der Waals surface area contributed by atoms with E-state index in [0.717, 1.165) is 32.2 Å². The number of anilines is 3. The topological polar surface area (TPSA) is 47.5 Å². The van der Waals surface area contributed by atoms with Crippen LogP contribution in [0.15, 0.2) is 54.7 Å². The van der Waals surface area contributed by atoms with Crippen molar-refractivity contribution in [1.29, 1.82) is 0 Å². The lowest BCUT2D eigenvalue weighted by atomic mass is 10.1. The summed E-state index contributed by atoms with van der Waals surface area (Å²) in [5.74, 6) is -0.210. The zero-order chi connectivity index (χ0) is 25.0. The summed E-state index contributed by atoms with van der Waals surface area (Å²) in [6, 6.07) is 11.7. The molecule has 0 atom stereocenters. The molecule has 1 N–H and O–H groups in total. The highest BCUT2D eigenvalue weighted by Crippen LogP contribution is 2.39. The van der Waals surface area contributed by atoms with Crippen molar-refractivity contribution in [3.63, 3.8) is 0 Å². The third kappa shape index (κ3) is 6.46. The Hall–Kier alpha value is -3.24. The third-order valence-corrected chi connectivity index (χ3v) is 5.93. The Morgan fingerprint density at radius 2 is 1.69 bits per heavy atom. The molecule has 0 aliphatic carbocycles. The van der Waals surface area contributed by atoms with E-state index in [2.05, 4.69) is 25.1 Å². The van der Waals surface area contributed by atoms with Crippen LogP contribution in [0.3, 0.4) is 0 Å². The summed E-state index contributed by atoms with van der Waals surface area (Å²) in [7, 11) is 4.01. The molecule has 0 radical (unpaired) electrons. The highest BCUT2D eigenvalue weighted by atomic mass is 19.4. The Morgan fingerprint density at radius 1 is 0.971 bits per heavy atom. The number of halogens is 4. The molecule has 186 valence electrons. The lowest BCUT2D eigenvalue weighted by Crippen LogP contribution is -2.48. The highest BCUT2D eigenvalue weighted by molar-refractivity contribution is 5.66. The first-order chi connectivity index (χ1) is 16.7. The van der Waals surface area contributed by atoms with Gasteiger partial charge in [-0.1, -0.05) is 0 Å². The van der Waals surface area contributed by atoms with Gasteiger partial charge in [0, 0.05) is 62.4 Å². The van der Waals surface area contributed by atoms with Crippen LogP contribution in [-0.4, -0.2) is 73.1 Å². The van der Waals surface area contributed by atoms with Crippen molar-refractivity contribution in [3.05, 3.63) is 66.1 Å². The SMILES string of the molecule is CN(C)CCN1CCN(c2ccc(Nc3nccc(-c4ccc(F)cc4)n3)cc2C(F)(F)F)CC1. The molecular weight excluding hydrogens is 460 g/mol. The first kappa shape index (κ1) is 24.9. The molecule has 4 rings (SSSR count). The predicted octanol–water partition coefficient (Wildman–Crippen LogP) is 4.73. The summed E-state index contributed by atoms with van der Waals surface area (Å²) in [4.78, 5) is 14.6. The summed E-state index contributed by atoms with van der Waals surface area (Å²) >= 11 is 0. The molecule has 0 bridgehead atoms. The van der Waals surface area contributed by atoms with E-state index in [1.165, 1.54) is 24.4 Å². The normalized spacial score (nSPS) is 15.0. The van der Waals surface area contributed by atoms with E-state index in [4.69, 9.17) is 0 Å². The van der Waals surface area contributed by atoms with Gasteiger partial charge in [-0.2, -0.15) is 13.2 Å². The standard InChI is InChI=1S/C25H28F4N6/c1-33(2)11-12-34-13-15-35(16-14-34)23-8-7-20(17-21(23)25(27,28)29)31-24-30-10-9-22(32-24)18-3-5-19(26)6-4-18/h3-10,17H,11-16H2,1-2H3,(H,30,31,32). The quantitative estimate of drug-likeness (QED) is 0.486. The number of benzene rings is 2. The number of hydrogen-bond acceptors (Lipinski definition) is 6. The van der Waals surface area contributed by atoms with Crippen molar-refractivity contribution in [2.24, 2.45) is 0 Å². The lowest BCUT2D eigenvalue weighted by molar-refractivity contribution is -0.137. The first-order valence-electron chi connectivity index (χ1n) is 11.4. The molecule has 1 saturated heterocycles. The monoisotopic (exact) mass is 488 g/mol. The van der Waals surface area contributed by atoms with Gasteiger partial charge in [0.1, 0.15) is 5.82 Å². The second-order valence-corrected chi connectivity index (χ2v) is 8.76. The van der Waals surface area contributed by atoms with Crippen molar-refractivity contribution >= 4 is 17.3 Å². The number of hydrogen-bond donors (Lipinski definition) is 1. The fraction of sp³-hybridized carbons (Fsp3) is 0.360. The second kappa shape index (κ2) is 10.6. The van der Waals surface area contributed by atoms with Gasteiger partial charge in [0.25, 0.3) is 0 Å². The fourth-order valence-electron chi connectivity index (χ4n) is 4.00. The molecule has 10 heteroatoms. The maximum absolute atomic E-state index is 14.0. The number of alkyl halides is 3. The van der Waals surface area contributed by atoms with Crippen LogP contribution in [0.5, 0.6) is 0 Å². The van der Waals surface area contributed by atoms with Crippen LogP contribution >= 0.6 is 0 Å². The molecule has 0 unspecified atom stereocenters. The molecular formula is C25H28F4N6. The van der Waals surface area contributed by atoms with Crippen molar-refractivity contribution in [2.75, 3.05) is 63.6 Å². The largest absolute Gasteiger partial charge is 0.418 e. The van der Waals surface area contributed by atoms with E-state index < -0.39 is 11.7 Å². The molecule has 1 fully saturated rings. The average molecular weight is 489 g/mol. The zero-order valence-corrected chi connectivity index (χ0v) is 19.7. The number of likely N-dealkylation sites (N-methyl/N-ethyl adjacent to an activating group) is 1. The average Bonchev–Trinajstić information content (AvgIpc) is 2.83. The maximum atomic E-state index is 14.0. The number of aromatic nitrogens is 2. The Kier molecular flexibility index (Phi) is 7.51. The van der Waals surface area contributed by atoms with Gasteiger partial charge in [-0.3, -0.25) is 4.90 Å². The van der Waals surface area contributed by atoms with Crippen molar-refractivity contribution in [2.45, 2.75) is 6.18 Å². The second-order valence-electron chi connectivity index (χ2n) is 8.76. The molecule has 6 nitrogen and oxygen atoms in total. The predicted molar refractivity (Wildman–Crippen MR) is 129 cm³/mol. The van der Waals surface area contributed by atoms with Gasteiger partial charge < -0.3 is 15.1 Å². The van der Waals surface area contributed by atoms with Gasteiger partial charge in [0.05, 0.1) is 11.3 Å². The molecule has 0 saturated carbocycles. The van der Waals surface area contributed by atoms with Crippen molar-refractivity contribution in [1.82, 2.24) is 19.8 Å². The smallest absolute Gasteiger partial charge is 0.368 e. The van der Waals surface area contributed by atoms with Crippen molar-refractivity contribution < 1.29 is 17.6 Å². The Morgan fingerprint density at radius 3 is 2.34 bits per heavy atom. The molecule has 3 aromatic rings. The minimum atomic E-state index is -4.51. The van der Waals surface area contributed by atoms with Gasteiger partial charge in [-0.15, -0.1) is 0 Å². The molecule has 2 heterocycles. The summed E-state index contributed by atoms with van der Waals surface area (Å²) in [5, 5.41) is 2.87. The van der Waals surface area contributed by atoms with E-state index in [1.54, 1.807) is 29.2 Å². The van der Waals surface area contributed by atoms with Crippen LogP contribution in [0.2, 0.25) is 0 Å². The van der Waals surface area contributed by atoms with E-state index >= 15 is 0 Å². The number of rotatable bonds is 7. The van der Waals surface area contributed by atoms with Crippen LogP contribution in [0, 0.1) is 5.82 Å². The molecule has 1 aromatic heterocycles. The molecule has 0 spiro atoms. The van der Waals surface area contributed by atoms with Gasteiger partial charge in [-0.05, 0) is 62.6 Å². The number of nitrogens with one attached hydrogen (secondary N) is 1.